The second-order valence-corrected chi connectivity index (χ2v) is 6.62. The molecule has 1 heterocycles. The number of fused-ring (bicyclic) bond motifs is 1. The zero-order valence-electron chi connectivity index (χ0n) is 13.6. The van der Waals surface area contributed by atoms with Crippen molar-refractivity contribution in [2.45, 2.75) is 38.1 Å². The molecule has 1 aromatic rings. The minimum absolute atomic E-state index is 0.141. The molecule has 1 saturated heterocycles. The van der Waals surface area contributed by atoms with E-state index in [0.717, 1.165) is 50.9 Å². The molecular weight excluding hydrogens is 276 g/mol. The van der Waals surface area contributed by atoms with Gasteiger partial charge in [0, 0.05) is 6.54 Å². The molecule has 1 amide bonds. The molecule has 0 radical (unpaired) electrons. The number of hydrogen-bond acceptors (Lipinski definition) is 3. The predicted molar refractivity (Wildman–Crippen MR) is 87.0 cm³/mol. The molecule has 0 bridgehead atoms. The maximum absolute atomic E-state index is 12.6. The molecule has 1 aliphatic carbocycles. The van der Waals surface area contributed by atoms with Gasteiger partial charge in [0.1, 0.15) is 5.75 Å². The van der Waals surface area contributed by atoms with Gasteiger partial charge < -0.3 is 15.0 Å². The van der Waals surface area contributed by atoms with E-state index in [1.54, 1.807) is 7.11 Å². The second kappa shape index (κ2) is 6.69. The van der Waals surface area contributed by atoms with Crippen LogP contribution in [0.2, 0.25) is 0 Å². The lowest BCUT2D eigenvalue weighted by atomic mass is 9.87. The minimum Gasteiger partial charge on any atom is -0.497 e. The third-order valence-electron chi connectivity index (χ3n) is 4.98. The van der Waals surface area contributed by atoms with Crippen molar-refractivity contribution in [1.82, 2.24) is 10.2 Å². The molecule has 0 spiro atoms. The van der Waals surface area contributed by atoms with Gasteiger partial charge in [-0.2, -0.15) is 0 Å². The first-order chi connectivity index (χ1) is 10.7. The SMILES string of the molecule is COc1ccc2c(c1)CCC[C@@H]2NC(=O)[C@H]1CCCN(C)C1. The number of nitrogens with zero attached hydrogens (tertiary/aromatic N) is 1. The summed E-state index contributed by atoms with van der Waals surface area (Å²) in [4.78, 5) is 14.8. The molecule has 0 aromatic heterocycles. The highest BCUT2D eigenvalue weighted by Crippen LogP contribution is 2.32. The summed E-state index contributed by atoms with van der Waals surface area (Å²) in [6, 6.07) is 6.39. The molecule has 0 saturated carbocycles. The molecule has 2 atom stereocenters. The number of carbonyl (C=O) groups excluding carboxylic acids is 1. The van der Waals surface area contributed by atoms with Gasteiger partial charge in [-0.05, 0) is 69.0 Å². The molecular formula is C18H26N2O2. The molecule has 1 N–H and O–H groups in total. The highest BCUT2D eigenvalue weighted by Gasteiger charge is 2.28. The van der Waals surface area contributed by atoms with Gasteiger partial charge in [-0.15, -0.1) is 0 Å². The average molecular weight is 302 g/mol. The number of methoxy groups -OCH3 is 1. The number of nitrogens with one attached hydrogen (secondary N) is 1. The number of amides is 1. The molecule has 120 valence electrons. The van der Waals surface area contributed by atoms with Gasteiger partial charge in [0.15, 0.2) is 0 Å². The van der Waals surface area contributed by atoms with Crippen molar-refractivity contribution >= 4 is 5.91 Å². The van der Waals surface area contributed by atoms with Crippen LogP contribution in [0.15, 0.2) is 18.2 Å². The van der Waals surface area contributed by atoms with Crippen LogP contribution in [-0.2, 0) is 11.2 Å². The van der Waals surface area contributed by atoms with E-state index >= 15 is 0 Å². The van der Waals surface area contributed by atoms with Crippen molar-refractivity contribution in [2.24, 2.45) is 5.92 Å². The molecule has 1 aromatic carbocycles. The Bertz CT molecular complexity index is 544. The van der Waals surface area contributed by atoms with Crippen molar-refractivity contribution in [1.29, 1.82) is 0 Å². The molecule has 4 nitrogen and oxygen atoms in total. The number of rotatable bonds is 3. The molecule has 4 heteroatoms. The highest BCUT2D eigenvalue weighted by atomic mass is 16.5. The van der Waals surface area contributed by atoms with E-state index in [1.165, 1.54) is 11.1 Å². The smallest absolute Gasteiger partial charge is 0.224 e. The van der Waals surface area contributed by atoms with Crippen LogP contribution in [0, 0.1) is 5.92 Å². The number of hydrogen-bond donors (Lipinski definition) is 1. The Labute approximate surface area is 132 Å². The highest BCUT2D eigenvalue weighted by molar-refractivity contribution is 5.79. The van der Waals surface area contributed by atoms with Crippen LogP contribution in [-0.4, -0.2) is 38.1 Å². The van der Waals surface area contributed by atoms with Gasteiger partial charge in [0.05, 0.1) is 19.1 Å². The van der Waals surface area contributed by atoms with E-state index in [2.05, 4.69) is 29.4 Å². The first-order valence-electron chi connectivity index (χ1n) is 8.33. The van der Waals surface area contributed by atoms with E-state index in [1.807, 2.05) is 6.07 Å². The summed E-state index contributed by atoms with van der Waals surface area (Å²) in [6.45, 7) is 1.99. The summed E-state index contributed by atoms with van der Waals surface area (Å²) in [7, 11) is 3.80. The lowest BCUT2D eigenvalue weighted by Crippen LogP contribution is -2.43. The van der Waals surface area contributed by atoms with Crippen molar-refractivity contribution in [3.05, 3.63) is 29.3 Å². The Hall–Kier alpha value is -1.55. The van der Waals surface area contributed by atoms with Crippen LogP contribution in [0.3, 0.4) is 0 Å². The number of aryl methyl sites for hydroxylation is 1. The summed E-state index contributed by atoms with van der Waals surface area (Å²) in [6.07, 6.45) is 5.36. The molecule has 0 unspecified atom stereocenters. The van der Waals surface area contributed by atoms with Crippen LogP contribution in [0.25, 0.3) is 0 Å². The van der Waals surface area contributed by atoms with Crippen molar-refractivity contribution in [3.63, 3.8) is 0 Å². The second-order valence-electron chi connectivity index (χ2n) is 6.62. The zero-order chi connectivity index (χ0) is 15.5. The van der Waals surface area contributed by atoms with E-state index in [0.29, 0.717) is 0 Å². The first kappa shape index (κ1) is 15.3. The van der Waals surface area contributed by atoms with Crippen LogP contribution in [0.5, 0.6) is 5.75 Å². The number of ether oxygens (including phenoxy) is 1. The number of likely N-dealkylation sites (tertiary alicyclic amines) is 1. The van der Waals surface area contributed by atoms with E-state index in [4.69, 9.17) is 4.74 Å². The average Bonchev–Trinajstić information content (AvgIpc) is 2.54. The van der Waals surface area contributed by atoms with Gasteiger partial charge >= 0.3 is 0 Å². The van der Waals surface area contributed by atoms with Gasteiger partial charge in [0.2, 0.25) is 5.91 Å². The monoisotopic (exact) mass is 302 g/mol. The quantitative estimate of drug-likeness (QED) is 0.933. The normalized spacial score (nSPS) is 25.4. The fraction of sp³-hybridized carbons (Fsp3) is 0.611. The van der Waals surface area contributed by atoms with Gasteiger partial charge in [-0.3, -0.25) is 4.79 Å². The van der Waals surface area contributed by atoms with Crippen LogP contribution >= 0.6 is 0 Å². The molecule has 2 aliphatic rings. The van der Waals surface area contributed by atoms with Gasteiger partial charge in [-0.1, -0.05) is 6.07 Å². The van der Waals surface area contributed by atoms with Gasteiger partial charge in [0.25, 0.3) is 0 Å². The maximum Gasteiger partial charge on any atom is 0.224 e. The van der Waals surface area contributed by atoms with Crippen LogP contribution < -0.4 is 10.1 Å². The minimum atomic E-state index is 0.141. The third-order valence-corrected chi connectivity index (χ3v) is 4.98. The largest absolute Gasteiger partial charge is 0.497 e. The first-order valence-corrected chi connectivity index (χ1v) is 8.33. The summed E-state index contributed by atoms with van der Waals surface area (Å²) in [5.74, 6) is 1.27. The van der Waals surface area contributed by atoms with Crippen LogP contribution in [0.1, 0.15) is 42.9 Å². The van der Waals surface area contributed by atoms with E-state index in [9.17, 15) is 4.79 Å². The van der Waals surface area contributed by atoms with Gasteiger partial charge in [-0.25, -0.2) is 0 Å². The van der Waals surface area contributed by atoms with Crippen molar-refractivity contribution in [3.8, 4) is 5.75 Å². The topological polar surface area (TPSA) is 41.6 Å². The molecule has 1 fully saturated rings. The van der Waals surface area contributed by atoms with Crippen LogP contribution in [0.4, 0.5) is 0 Å². The fourth-order valence-corrected chi connectivity index (χ4v) is 3.74. The lowest BCUT2D eigenvalue weighted by Gasteiger charge is -2.32. The van der Waals surface area contributed by atoms with E-state index in [-0.39, 0.29) is 17.9 Å². The fourth-order valence-electron chi connectivity index (χ4n) is 3.74. The maximum atomic E-state index is 12.6. The summed E-state index contributed by atoms with van der Waals surface area (Å²) in [5, 5.41) is 3.30. The summed E-state index contributed by atoms with van der Waals surface area (Å²) in [5.41, 5.74) is 2.58. The summed E-state index contributed by atoms with van der Waals surface area (Å²) < 4.78 is 5.31. The standard InChI is InChI=1S/C18H26N2O2/c1-20-10-4-6-14(12-20)18(21)19-17-7-3-5-13-11-15(22-2)8-9-16(13)17/h8-9,11,14,17H,3-7,10,12H2,1-2H3,(H,19,21)/t14-,17-/m0/s1. The predicted octanol–water partition coefficient (Wildman–Crippen LogP) is 2.53. The number of benzene rings is 1. The van der Waals surface area contributed by atoms with Crippen molar-refractivity contribution in [2.75, 3.05) is 27.2 Å². The number of carbonyl (C=O) groups is 1. The Morgan fingerprint density at radius 3 is 2.95 bits per heavy atom. The molecule has 3 rings (SSSR count). The number of piperidine rings is 1. The lowest BCUT2D eigenvalue weighted by molar-refractivity contribution is -0.127. The molecule has 22 heavy (non-hydrogen) atoms. The summed E-state index contributed by atoms with van der Waals surface area (Å²) >= 11 is 0. The molecule has 1 aliphatic heterocycles. The Morgan fingerprint density at radius 2 is 2.18 bits per heavy atom. The Morgan fingerprint density at radius 1 is 1.32 bits per heavy atom. The zero-order valence-corrected chi connectivity index (χ0v) is 13.6. The Kier molecular flexibility index (Phi) is 4.67. The third kappa shape index (κ3) is 3.27. The van der Waals surface area contributed by atoms with Crippen molar-refractivity contribution < 1.29 is 9.53 Å². The van der Waals surface area contributed by atoms with E-state index < -0.39 is 0 Å². The Balaban J connectivity index is 1.70.